The van der Waals surface area contributed by atoms with Gasteiger partial charge in [0, 0.05) is 49.0 Å². The molecule has 2 heterocycles. The molecule has 0 N–H and O–H groups in total. The summed E-state index contributed by atoms with van der Waals surface area (Å²) in [4.78, 5) is 19.4. The van der Waals surface area contributed by atoms with Gasteiger partial charge in [0.05, 0.1) is 11.0 Å². The highest BCUT2D eigenvalue weighted by Crippen LogP contribution is 2.30. The molecule has 31 heavy (non-hydrogen) atoms. The Bertz CT molecular complexity index is 961. The van der Waals surface area contributed by atoms with E-state index in [2.05, 4.69) is 14.5 Å². The van der Waals surface area contributed by atoms with Gasteiger partial charge >= 0.3 is 6.36 Å². The number of thiocarbonyl (C=S) groups is 1. The van der Waals surface area contributed by atoms with Crippen molar-refractivity contribution < 1.29 is 22.7 Å². The van der Waals surface area contributed by atoms with Gasteiger partial charge in [0.25, 0.3) is 0 Å². The van der Waals surface area contributed by atoms with Gasteiger partial charge in [-0.05, 0) is 48.5 Å². The summed E-state index contributed by atoms with van der Waals surface area (Å²) in [6, 6.07) is 12.5. The fourth-order valence-corrected chi connectivity index (χ4v) is 4.39. The van der Waals surface area contributed by atoms with Gasteiger partial charge in [0.2, 0.25) is 5.91 Å². The average molecular weight is 470 g/mol. The van der Waals surface area contributed by atoms with Crippen molar-refractivity contribution in [2.45, 2.75) is 18.8 Å². The Kier molecular flexibility index (Phi) is 6.09. The van der Waals surface area contributed by atoms with Crippen LogP contribution >= 0.6 is 23.8 Å². The van der Waals surface area contributed by atoms with E-state index in [1.54, 1.807) is 41.3 Å². The van der Waals surface area contributed by atoms with Crippen LogP contribution in [-0.4, -0.2) is 54.4 Å². The van der Waals surface area contributed by atoms with Crippen molar-refractivity contribution >= 4 is 46.1 Å². The van der Waals surface area contributed by atoms with Crippen LogP contribution in [0, 0.1) is 0 Å². The quantitative estimate of drug-likeness (QED) is 0.616. The first kappa shape index (κ1) is 21.9. The van der Waals surface area contributed by atoms with Crippen molar-refractivity contribution in [1.29, 1.82) is 0 Å². The summed E-state index contributed by atoms with van der Waals surface area (Å²) in [7, 11) is 0. The molecule has 10 heteroatoms. The van der Waals surface area contributed by atoms with Gasteiger partial charge in [-0.15, -0.1) is 13.2 Å². The number of amides is 1. The van der Waals surface area contributed by atoms with Gasteiger partial charge < -0.3 is 9.64 Å². The lowest BCUT2D eigenvalue weighted by atomic mass is 10.1. The van der Waals surface area contributed by atoms with Crippen LogP contribution in [0.4, 0.5) is 24.5 Å². The predicted octanol–water partition coefficient (Wildman–Crippen LogP) is 4.49. The number of hydrogen-bond donors (Lipinski definition) is 0. The highest BCUT2D eigenvalue weighted by molar-refractivity contribution is 7.80. The van der Waals surface area contributed by atoms with Crippen LogP contribution < -0.4 is 14.5 Å². The topological polar surface area (TPSA) is 36.0 Å². The molecule has 1 amide bonds. The molecule has 0 aliphatic carbocycles. The van der Waals surface area contributed by atoms with Crippen LogP contribution in [0.2, 0.25) is 5.02 Å². The smallest absolute Gasteiger partial charge is 0.406 e. The van der Waals surface area contributed by atoms with Crippen LogP contribution in [0.1, 0.15) is 6.42 Å². The summed E-state index contributed by atoms with van der Waals surface area (Å²) in [6.07, 6.45) is -4.22. The molecule has 2 saturated heterocycles. The molecule has 2 fully saturated rings. The third kappa shape index (κ3) is 4.94. The minimum Gasteiger partial charge on any atom is -0.406 e. The number of piperazine rings is 1. The molecule has 2 aliphatic heterocycles. The molecule has 5 nitrogen and oxygen atoms in total. The van der Waals surface area contributed by atoms with Gasteiger partial charge in [-0.1, -0.05) is 23.8 Å². The van der Waals surface area contributed by atoms with Crippen LogP contribution in [0.3, 0.4) is 0 Å². The molecule has 0 spiro atoms. The number of carbonyl (C=O) groups excluding carboxylic acids is 1. The Morgan fingerprint density at radius 3 is 2.10 bits per heavy atom. The van der Waals surface area contributed by atoms with Crippen LogP contribution in [-0.2, 0) is 4.79 Å². The van der Waals surface area contributed by atoms with Crippen LogP contribution in [0.25, 0.3) is 0 Å². The first-order chi connectivity index (χ1) is 14.7. The molecular weight excluding hydrogens is 451 g/mol. The molecule has 2 aliphatic rings. The van der Waals surface area contributed by atoms with E-state index in [9.17, 15) is 18.0 Å². The van der Waals surface area contributed by atoms with Crippen molar-refractivity contribution in [3.05, 3.63) is 53.6 Å². The number of benzene rings is 2. The zero-order valence-corrected chi connectivity index (χ0v) is 17.9. The largest absolute Gasteiger partial charge is 0.573 e. The Labute approximate surface area is 187 Å². The van der Waals surface area contributed by atoms with E-state index in [0.29, 0.717) is 48.3 Å². The van der Waals surface area contributed by atoms with Gasteiger partial charge in [-0.2, -0.15) is 0 Å². The highest BCUT2D eigenvalue weighted by atomic mass is 35.5. The number of rotatable bonds is 4. The monoisotopic (exact) mass is 469 g/mol. The summed E-state index contributed by atoms with van der Waals surface area (Å²) < 4.78 is 40.9. The van der Waals surface area contributed by atoms with E-state index in [0.717, 1.165) is 5.69 Å². The maximum atomic E-state index is 13.0. The van der Waals surface area contributed by atoms with Gasteiger partial charge in [-0.3, -0.25) is 14.6 Å². The molecule has 4 rings (SSSR count). The molecule has 164 valence electrons. The predicted molar refractivity (Wildman–Crippen MR) is 117 cm³/mol. The van der Waals surface area contributed by atoms with E-state index >= 15 is 0 Å². The molecular formula is C21H19ClF3N3O2S. The molecule has 2 aromatic carbocycles. The normalized spacial score (nSPS) is 20.5. The van der Waals surface area contributed by atoms with Gasteiger partial charge in [0.1, 0.15) is 5.75 Å². The summed E-state index contributed by atoms with van der Waals surface area (Å²) in [5.74, 6) is -0.295. The standard InChI is InChI=1S/C21H19ClF3N3O2S/c22-14-1-3-16(4-2-14)28-19(31)13-18(20(28)29)27-11-9-26(10-12-27)15-5-7-17(8-6-15)30-21(23,24)25/h1-8,18H,9-13H2. The van der Waals surface area contributed by atoms with Crippen molar-refractivity contribution in [2.75, 3.05) is 36.0 Å². The molecule has 2 aromatic rings. The number of carbonyl (C=O) groups is 1. The molecule has 0 aromatic heterocycles. The van der Waals surface area contributed by atoms with Crippen molar-refractivity contribution in [3.8, 4) is 5.75 Å². The molecule has 1 unspecified atom stereocenters. The second-order valence-corrected chi connectivity index (χ2v) is 8.24. The van der Waals surface area contributed by atoms with E-state index in [1.807, 2.05) is 0 Å². The summed E-state index contributed by atoms with van der Waals surface area (Å²) in [6.45, 7) is 2.59. The zero-order chi connectivity index (χ0) is 22.2. The summed E-state index contributed by atoms with van der Waals surface area (Å²) in [5, 5.41) is 0.590. The molecule has 1 atom stereocenters. The van der Waals surface area contributed by atoms with Gasteiger partial charge in [-0.25, -0.2) is 0 Å². The second kappa shape index (κ2) is 8.64. The minimum absolute atomic E-state index is 0.0468. The summed E-state index contributed by atoms with van der Waals surface area (Å²) in [5.41, 5.74) is 1.52. The SMILES string of the molecule is O=C1C(N2CCN(c3ccc(OC(F)(F)F)cc3)CC2)CC(=S)N1c1ccc(Cl)cc1. The number of ether oxygens (including phenoxy) is 1. The molecule has 0 saturated carbocycles. The first-order valence-corrected chi connectivity index (χ1v) is 10.5. The van der Waals surface area contributed by atoms with E-state index in [1.165, 1.54) is 12.1 Å². The maximum absolute atomic E-state index is 13.0. The van der Waals surface area contributed by atoms with Gasteiger partial charge in [0.15, 0.2) is 0 Å². The second-order valence-electron chi connectivity index (χ2n) is 7.33. The van der Waals surface area contributed by atoms with Crippen LogP contribution in [0.5, 0.6) is 5.75 Å². The summed E-state index contributed by atoms with van der Waals surface area (Å²) >= 11 is 11.4. The number of anilines is 2. The third-order valence-electron chi connectivity index (χ3n) is 5.40. The zero-order valence-electron chi connectivity index (χ0n) is 16.3. The van der Waals surface area contributed by atoms with Crippen LogP contribution in [0.15, 0.2) is 48.5 Å². The maximum Gasteiger partial charge on any atom is 0.573 e. The van der Waals surface area contributed by atoms with Crippen molar-refractivity contribution in [3.63, 3.8) is 0 Å². The first-order valence-electron chi connectivity index (χ1n) is 9.68. The number of halogens is 4. The molecule has 0 bridgehead atoms. The Balaban J connectivity index is 1.37. The van der Waals surface area contributed by atoms with E-state index in [4.69, 9.17) is 23.8 Å². The highest BCUT2D eigenvalue weighted by Gasteiger charge is 2.41. The fraction of sp³-hybridized carbons (Fsp3) is 0.333. The Morgan fingerprint density at radius 2 is 1.52 bits per heavy atom. The Hall–Kier alpha value is -2.36. The lowest BCUT2D eigenvalue weighted by Gasteiger charge is -2.38. The van der Waals surface area contributed by atoms with E-state index in [-0.39, 0.29) is 17.7 Å². The number of hydrogen-bond acceptors (Lipinski definition) is 5. The van der Waals surface area contributed by atoms with Crippen molar-refractivity contribution in [2.24, 2.45) is 0 Å². The van der Waals surface area contributed by atoms with E-state index < -0.39 is 6.36 Å². The number of alkyl halides is 3. The molecule has 0 radical (unpaired) electrons. The van der Waals surface area contributed by atoms with Crippen molar-refractivity contribution in [1.82, 2.24) is 4.90 Å². The Morgan fingerprint density at radius 1 is 0.935 bits per heavy atom. The lowest BCUT2D eigenvalue weighted by Crippen LogP contribution is -2.52. The minimum atomic E-state index is -4.71. The third-order valence-corrected chi connectivity index (χ3v) is 6.00. The average Bonchev–Trinajstić information content (AvgIpc) is 3.02. The lowest BCUT2D eigenvalue weighted by molar-refractivity contribution is -0.274. The fourth-order valence-electron chi connectivity index (χ4n) is 3.91. The number of nitrogens with zero attached hydrogens (tertiary/aromatic N) is 3.